The van der Waals surface area contributed by atoms with E-state index in [1.807, 2.05) is 19.9 Å². The molecule has 2 N–H and O–H groups in total. The van der Waals surface area contributed by atoms with Crippen LogP contribution in [0.15, 0.2) is 23.0 Å². The fraction of sp³-hybridized carbons (Fsp3) is 0.542. The fourth-order valence-electron chi connectivity index (χ4n) is 3.57. The number of nitrogens with one attached hydrogen (secondary N) is 2. The molecule has 1 aromatic carbocycles. The SMILES string of the molecule is CCCCOc1c(CNC(=O)OC(C)(C)C)n(CC(C)C)c(=O)c2ccc(-c3nn[nH]n3)cc12. The Hall–Kier alpha value is -3.43. The van der Waals surface area contributed by atoms with Crippen molar-refractivity contribution < 1.29 is 14.3 Å². The van der Waals surface area contributed by atoms with Crippen LogP contribution in [0.3, 0.4) is 0 Å². The quantitative estimate of drug-likeness (QED) is 0.452. The lowest BCUT2D eigenvalue weighted by Gasteiger charge is -2.23. The van der Waals surface area contributed by atoms with Crippen molar-refractivity contribution >= 4 is 16.9 Å². The van der Waals surface area contributed by atoms with Gasteiger partial charge < -0.3 is 19.4 Å². The number of alkyl carbamates (subject to hydrolysis) is 1. The van der Waals surface area contributed by atoms with Gasteiger partial charge in [0.25, 0.3) is 5.56 Å². The summed E-state index contributed by atoms with van der Waals surface area (Å²) in [6.45, 7) is 12.6. The fourth-order valence-corrected chi connectivity index (χ4v) is 3.57. The number of aromatic nitrogens is 5. The van der Waals surface area contributed by atoms with E-state index < -0.39 is 11.7 Å². The molecular weight excluding hydrogens is 436 g/mol. The van der Waals surface area contributed by atoms with Crippen molar-refractivity contribution in [3.05, 3.63) is 34.2 Å². The summed E-state index contributed by atoms with van der Waals surface area (Å²) in [5.74, 6) is 1.18. The maximum Gasteiger partial charge on any atom is 0.407 e. The van der Waals surface area contributed by atoms with E-state index >= 15 is 0 Å². The van der Waals surface area contributed by atoms with E-state index in [1.54, 1.807) is 37.5 Å². The van der Waals surface area contributed by atoms with Crippen LogP contribution in [0.5, 0.6) is 5.75 Å². The number of aromatic amines is 1. The first kappa shape index (κ1) is 25.2. The third kappa shape index (κ3) is 6.12. The Labute approximate surface area is 199 Å². The van der Waals surface area contributed by atoms with Crippen molar-refractivity contribution in [2.24, 2.45) is 5.92 Å². The van der Waals surface area contributed by atoms with Crippen LogP contribution in [0.4, 0.5) is 4.79 Å². The predicted molar refractivity (Wildman–Crippen MR) is 130 cm³/mol. The highest BCUT2D eigenvalue weighted by molar-refractivity contribution is 5.91. The highest BCUT2D eigenvalue weighted by Gasteiger charge is 2.22. The Morgan fingerprint density at radius 3 is 2.62 bits per heavy atom. The van der Waals surface area contributed by atoms with Gasteiger partial charge in [-0.1, -0.05) is 33.3 Å². The van der Waals surface area contributed by atoms with Gasteiger partial charge in [0.15, 0.2) is 0 Å². The van der Waals surface area contributed by atoms with Crippen LogP contribution < -0.4 is 15.6 Å². The molecule has 10 heteroatoms. The van der Waals surface area contributed by atoms with Gasteiger partial charge in [0.1, 0.15) is 11.4 Å². The van der Waals surface area contributed by atoms with Gasteiger partial charge in [-0.2, -0.15) is 5.21 Å². The van der Waals surface area contributed by atoms with E-state index in [4.69, 9.17) is 9.47 Å². The second-order valence-corrected chi connectivity index (χ2v) is 9.64. The van der Waals surface area contributed by atoms with Crippen LogP contribution in [0.25, 0.3) is 22.2 Å². The molecule has 0 fully saturated rings. The molecule has 0 saturated carbocycles. The van der Waals surface area contributed by atoms with Crippen LogP contribution >= 0.6 is 0 Å². The van der Waals surface area contributed by atoms with Gasteiger partial charge in [-0.05, 0) is 50.5 Å². The van der Waals surface area contributed by atoms with Crippen molar-refractivity contribution in [3.8, 4) is 17.1 Å². The van der Waals surface area contributed by atoms with Gasteiger partial charge in [0.2, 0.25) is 5.82 Å². The maximum atomic E-state index is 13.6. The van der Waals surface area contributed by atoms with Gasteiger partial charge in [0.05, 0.1) is 24.2 Å². The number of hydrogen-bond donors (Lipinski definition) is 2. The predicted octanol–water partition coefficient (Wildman–Crippen LogP) is 4.04. The Morgan fingerprint density at radius 2 is 2.00 bits per heavy atom. The lowest BCUT2D eigenvalue weighted by Crippen LogP contribution is -2.35. The number of amides is 1. The summed E-state index contributed by atoms with van der Waals surface area (Å²) in [6.07, 6.45) is 1.26. The Morgan fingerprint density at radius 1 is 1.24 bits per heavy atom. The van der Waals surface area contributed by atoms with Gasteiger partial charge in [-0.15, -0.1) is 10.2 Å². The van der Waals surface area contributed by atoms with E-state index in [0.717, 1.165) is 12.8 Å². The van der Waals surface area contributed by atoms with Gasteiger partial charge in [-0.25, -0.2) is 4.79 Å². The number of hydrogen-bond acceptors (Lipinski definition) is 7. The lowest BCUT2D eigenvalue weighted by atomic mass is 10.0. The summed E-state index contributed by atoms with van der Waals surface area (Å²) in [4.78, 5) is 26.0. The summed E-state index contributed by atoms with van der Waals surface area (Å²) < 4.78 is 13.4. The third-order valence-corrected chi connectivity index (χ3v) is 5.02. The summed E-state index contributed by atoms with van der Waals surface area (Å²) in [5, 5.41) is 18.1. The minimum absolute atomic E-state index is 0.0840. The number of benzene rings is 1. The number of nitrogens with zero attached hydrogens (tertiary/aromatic N) is 4. The molecule has 3 rings (SSSR count). The number of H-pyrrole nitrogens is 1. The first-order valence-electron chi connectivity index (χ1n) is 11.6. The molecule has 1 amide bonds. The minimum atomic E-state index is -0.634. The molecule has 34 heavy (non-hydrogen) atoms. The number of tetrazole rings is 1. The summed E-state index contributed by atoms with van der Waals surface area (Å²) in [7, 11) is 0. The Balaban J connectivity index is 2.17. The molecule has 0 saturated heterocycles. The molecule has 2 aromatic heterocycles. The number of pyridine rings is 1. The highest BCUT2D eigenvalue weighted by Crippen LogP contribution is 2.31. The molecule has 2 heterocycles. The lowest BCUT2D eigenvalue weighted by molar-refractivity contribution is 0.0521. The number of fused-ring (bicyclic) bond motifs is 1. The monoisotopic (exact) mass is 470 g/mol. The van der Waals surface area contributed by atoms with E-state index in [-0.39, 0.29) is 18.0 Å². The third-order valence-electron chi connectivity index (χ3n) is 5.02. The standard InChI is InChI=1S/C24H34N6O4/c1-7-8-11-33-20-18-12-16(21-26-28-29-27-21)9-10-17(18)22(31)30(14-15(2)3)19(20)13-25-23(32)34-24(4,5)6/h9-10,12,15H,7-8,11,13-14H2,1-6H3,(H,25,32)(H,26,27,28,29). The number of carbonyl (C=O) groups excluding carboxylic acids is 1. The number of ether oxygens (including phenoxy) is 2. The average Bonchev–Trinajstić information content (AvgIpc) is 3.29. The van der Waals surface area contributed by atoms with Crippen molar-refractivity contribution in [3.63, 3.8) is 0 Å². The molecule has 0 aliphatic carbocycles. The summed E-state index contributed by atoms with van der Waals surface area (Å²) in [5.41, 5.74) is 0.518. The van der Waals surface area contributed by atoms with Gasteiger partial charge in [-0.3, -0.25) is 4.79 Å². The number of unbranched alkanes of at least 4 members (excludes halogenated alkanes) is 1. The second kappa shape index (κ2) is 10.7. The first-order valence-corrected chi connectivity index (χ1v) is 11.6. The molecular formula is C24H34N6O4. The minimum Gasteiger partial charge on any atom is -0.491 e. The highest BCUT2D eigenvalue weighted by atomic mass is 16.6. The Bertz CT molecular complexity index is 1180. The normalized spacial score (nSPS) is 11.7. The molecule has 0 unspecified atom stereocenters. The molecule has 0 radical (unpaired) electrons. The maximum absolute atomic E-state index is 13.6. The topological polar surface area (TPSA) is 124 Å². The molecule has 0 aliphatic rings. The molecule has 0 bridgehead atoms. The van der Waals surface area contributed by atoms with E-state index in [1.165, 1.54) is 0 Å². The van der Waals surface area contributed by atoms with E-state index in [2.05, 4.69) is 32.9 Å². The molecule has 0 atom stereocenters. The van der Waals surface area contributed by atoms with E-state index in [9.17, 15) is 9.59 Å². The van der Waals surface area contributed by atoms with Crippen molar-refractivity contribution in [1.82, 2.24) is 30.5 Å². The smallest absolute Gasteiger partial charge is 0.407 e. The summed E-state index contributed by atoms with van der Waals surface area (Å²) >= 11 is 0. The van der Waals surface area contributed by atoms with Crippen molar-refractivity contribution in [1.29, 1.82) is 0 Å². The van der Waals surface area contributed by atoms with Crippen molar-refractivity contribution in [2.45, 2.75) is 73.1 Å². The molecule has 10 nitrogen and oxygen atoms in total. The zero-order valence-electron chi connectivity index (χ0n) is 20.8. The van der Waals surface area contributed by atoms with Gasteiger partial charge >= 0.3 is 6.09 Å². The zero-order valence-corrected chi connectivity index (χ0v) is 20.8. The molecule has 184 valence electrons. The van der Waals surface area contributed by atoms with Crippen LogP contribution in [0, 0.1) is 5.92 Å². The molecule has 3 aromatic rings. The number of rotatable bonds is 9. The molecule has 0 spiro atoms. The van der Waals surface area contributed by atoms with Crippen molar-refractivity contribution in [2.75, 3.05) is 6.61 Å². The van der Waals surface area contributed by atoms with Crippen LogP contribution in [-0.2, 0) is 17.8 Å². The van der Waals surface area contributed by atoms with Gasteiger partial charge in [0, 0.05) is 17.5 Å². The largest absolute Gasteiger partial charge is 0.491 e. The second-order valence-electron chi connectivity index (χ2n) is 9.64. The van der Waals surface area contributed by atoms with Crippen LogP contribution in [0.1, 0.15) is 60.1 Å². The Kier molecular flexibility index (Phi) is 7.90. The average molecular weight is 471 g/mol. The first-order chi connectivity index (χ1) is 16.1. The number of carbonyl (C=O) groups is 1. The molecule has 0 aliphatic heterocycles. The zero-order chi connectivity index (χ0) is 24.9. The van der Waals surface area contributed by atoms with E-state index in [0.29, 0.717) is 46.8 Å². The van der Waals surface area contributed by atoms with Crippen LogP contribution in [0.2, 0.25) is 0 Å². The summed E-state index contributed by atoms with van der Waals surface area (Å²) in [6, 6.07) is 5.39. The van der Waals surface area contributed by atoms with Crippen LogP contribution in [-0.4, -0.2) is 43.5 Å².